The molecular formula is C9H8BrF2NO. The van der Waals surface area contributed by atoms with Gasteiger partial charge in [0.15, 0.2) is 5.82 Å². The summed E-state index contributed by atoms with van der Waals surface area (Å²) in [7, 11) is 0. The van der Waals surface area contributed by atoms with Gasteiger partial charge in [0.05, 0.1) is 4.47 Å². The van der Waals surface area contributed by atoms with Crippen molar-refractivity contribution in [3.05, 3.63) is 33.8 Å². The summed E-state index contributed by atoms with van der Waals surface area (Å²) in [5.74, 6) is -2.49. The van der Waals surface area contributed by atoms with Crippen molar-refractivity contribution < 1.29 is 13.6 Å². The molecule has 1 aromatic carbocycles. The summed E-state index contributed by atoms with van der Waals surface area (Å²) in [5.41, 5.74) is -0.554. The van der Waals surface area contributed by atoms with Crippen molar-refractivity contribution in [1.29, 1.82) is 0 Å². The lowest BCUT2D eigenvalue weighted by Gasteiger charge is -2.05. The van der Waals surface area contributed by atoms with Gasteiger partial charge in [0.2, 0.25) is 0 Å². The summed E-state index contributed by atoms with van der Waals surface area (Å²) >= 11 is 2.88. The maximum Gasteiger partial charge on any atom is 0.257 e. The standard InChI is InChI=1S/C9H8BrF2NO/c1-2-13-9(14)7-6(11)4-3-5(10)8(7)12/h3-4H,2H2,1H3,(H,13,14). The number of nitrogens with one attached hydrogen (secondary N) is 1. The van der Waals surface area contributed by atoms with Crippen molar-refractivity contribution >= 4 is 21.8 Å². The van der Waals surface area contributed by atoms with Crippen LogP contribution in [0.5, 0.6) is 0 Å². The zero-order valence-electron chi connectivity index (χ0n) is 7.40. The number of carbonyl (C=O) groups is 1. The Balaban J connectivity index is 3.18. The summed E-state index contributed by atoms with van der Waals surface area (Å²) in [4.78, 5) is 11.2. The SMILES string of the molecule is CCNC(=O)c1c(F)ccc(Br)c1F. The van der Waals surface area contributed by atoms with E-state index in [4.69, 9.17) is 0 Å². The topological polar surface area (TPSA) is 29.1 Å². The van der Waals surface area contributed by atoms with Crippen LogP contribution in [0.25, 0.3) is 0 Å². The van der Waals surface area contributed by atoms with Crippen molar-refractivity contribution in [3.63, 3.8) is 0 Å². The van der Waals surface area contributed by atoms with E-state index in [0.717, 1.165) is 6.07 Å². The molecule has 76 valence electrons. The third kappa shape index (κ3) is 2.09. The molecule has 1 N–H and O–H groups in total. The average Bonchev–Trinajstić information content (AvgIpc) is 2.13. The molecule has 2 nitrogen and oxygen atoms in total. The number of carbonyl (C=O) groups excluding carboxylic acids is 1. The van der Waals surface area contributed by atoms with Gasteiger partial charge in [-0.1, -0.05) is 0 Å². The van der Waals surface area contributed by atoms with E-state index in [1.54, 1.807) is 6.92 Å². The Hall–Kier alpha value is -0.970. The van der Waals surface area contributed by atoms with E-state index in [1.807, 2.05) is 0 Å². The summed E-state index contributed by atoms with van der Waals surface area (Å²) in [5, 5.41) is 2.33. The van der Waals surface area contributed by atoms with E-state index in [0.29, 0.717) is 6.54 Å². The van der Waals surface area contributed by atoms with Crippen LogP contribution < -0.4 is 5.32 Å². The highest BCUT2D eigenvalue weighted by Crippen LogP contribution is 2.21. The Labute approximate surface area is 88.4 Å². The fourth-order valence-corrected chi connectivity index (χ4v) is 1.31. The van der Waals surface area contributed by atoms with E-state index in [2.05, 4.69) is 21.2 Å². The van der Waals surface area contributed by atoms with Gasteiger partial charge in [-0.15, -0.1) is 0 Å². The van der Waals surface area contributed by atoms with Gasteiger partial charge in [0.25, 0.3) is 5.91 Å². The van der Waals surface area contributed by atoms with Gasteiger partial charge in [0, 0.05) is 6.54 Å². The molecule has 0 heterocycles. The fraction of sp³-hybridized carbons (Fsp3) is 0.222. The molecule has 0 aliphatic rings. The van der Waals surface area contributed by atoms with Crippen LogP contribution in [0.1, 0.15) is 17.3 Å². The van der Waals surface area contributed by atoms with Gasteiger partial charge < -0.3 is 5.32 Å². The van der Waals surface area contributed by atoms with Gasteiger partial charge in [0.1, 0.15) is 11.4 Å². The minimum atomic E-state index is -0.879. The highest BCUT2D eigenvalue weighted by Gasteiger charge is 2.18. The van der Waals surface area contributed by atoms with Gasteiger partial charge >= 0.3 is 0 Å². The maximum absolute atomic E-state index is 13.3. The molecular weight excluding hydrogens is 256 g/mol. The lowest BCUT2D eigenvalue weighted by atomic mass is 10.2. The molecule has 0 radical (unpaired) electrons. The van der Waals surface area contributed by atoms with Crippen molar-refractivity contribution in [3.8, 4) is 0 Å². The molecule has 0 aromatic heterocycles. The molecule has 14 heavy (non-hydrogen) atoms. The van der Waals surface area contributed by atoms with Crippen LogP contribution in [0.4, 0.5) is 8.78 Å². The second-order valence-electron chi connectivity index (χ2n) is 2.58. The van der Waals surface area contributed by atoms with Crippen LogP contribution in [0.15, 0.2) is 16.6 Å². The summed E-state index contributed by atoms with van der Waals surface area (Å²) < 4.78 is 26.4. The monoisotopic (exact) mass is 263 g/mol. The van der Waals surface area contributed by atoms with E-state index < -0.39 is 23.1 Å². The smallest absolute Gasteiger partial charge is 0.257 e. The lowest BCUT2D eigenvalue weighted by Crippen LogP contribution is -2.25. The summed E-state index contributed by atoms with van der Waals surface area (Å²) in [6, 6.07) is 2.26. The Morgan fingerprint density at radius 3 is 2.71 bits per heavy atom. The predicted octanol–water partition coefficient (Wildman–Crippen LogP) is 2.48. The van der Waals surface area contributed by atoms with Crippen molar-refractivity contribution in [1.82, 2.24) is 5.32 Å². The molecule has 0 bridgehead atoms. The van der Waals surface area contributed by atoms with Crippen LogP contribution in [-0.4, -0.2) is 12.5 Å². The molecule has 0 aliphatic heterocycles. The van der Waals surface area contributed by atoms with Crippen molar-refractivity contribution in [2.24, 2.45) is 0 Å². The van der Waals surface area contributed by atoms with Crippen LogP contribution in [-0.2, 0) is 0 Å². The molecule has 1 rings (SSSR count). The maximum atomic E-state index is 13.3. The Morgan fingerprint density at radius 1 is 1.50 bits per heavy atom. The first-order chi connectivity index (χ1) is 6.57. The molecule has 0 saturated carbocycles. The van der Waals surface area contributed by atoms with Gasteiger partial charge in [-0.25, -0.2) is 8.78 Å². The minimum Gasteiger partial charge on any atom is -0.352 e. The normalized spacial score (nSPS) is 10.0. The predicted molar refractivity (Wildman–Crippen MR) is 52.1 cm³/mol. The van der Waals surface area contributed by atoms with Gasteiger partial charge in [-0.05, 0) is 35.0 Å². The molecule has 0 spiro atoms. The Bertz CT molecular complexity index is 368. The van der Waals surface area contributed by atoms with E-state index in [9.17, 15) is 13.6 Å². The van der Waals surface area contributed by atoms with E-state index in [-0.39, 0.29) is 4.47 Å². The zero-order valence-corrected chi connectivity index (χ0v) is 8.99. The largest absolute Gasteiger partial charge is 0.352 e. The number of benzene rings is 1. The zero-order chi connectivity index (χ0) is 10.7. The molecule has 0 fully saturated rings. The molecule has 1 amide bonds. The summed E-state index contributed by atoms with van der Waals surface area (Å²) in [6.45, 7) is 2.00. The Morgan fingerprint density at radius 2 is 2.14 bits per heavy atom. The number of amides is 1. The molecule has 0 unspecified atom stereocenters. The minimum absolute atomic E-state index is 0.0696. The number of hydrogen-bond donors (Lipinski definition) is 1. The van der Waals surface area contributed by atoms with Gasteiger partial charge in [-0.3, -0.25) is 4.79 Å². The first-order valence-electron chi connectivity index (χ1n) is 3.99. The first-order valence-corrected chi connectivity index (χ1v) is 4.79. The van der Waals surface area contributed by atoms with Crippen molar-refractivity contribution in [2.75, 3.05) is 6.54 Å². The van der Waals surface area contributed by atoms with Crippen molar-refractivity contribution in [2.45, 2.75) is 6.92 Å². The number of rotatable bonds is 2. The number of hydrogen-bond acceptors (Lipinski definition) is 1. The second kappa shape index (κ2) is 4.50. The molecule has 0 saturated heterocycles. The lowest BCUT2D eigenvalue weighted by molar-refractivity contribution is 0.0947. The quantitative estimate of drug-likeness (QED) is 0.817. The fourth-order valence-electron chi connectivity index (χ4n) is 0.984. The molecule has 1 aromatic rings. The average molecular weight is 264 g/mol. The van der Waals surface area contributed by atoms with E-state index >= 15 is 0 Å². The summed E-state index contributed by atoms with van der Waals surface area (Å²) in [6.07, 6.45) is 0. The highest BCUT2D eigenvalue weighted by atomic mass is 79.9. The second-order valence-corrected chi connectivity index (χ2v) is 3.43. The third-order valence-electron chi connectivity index (χ3n) is 1.61. The van der Waals surface area contributed by atoms with Crippen LogP contribution in [0.3, 0.4) is 0 Å². The molecule has 0 aliphatic carbocycles. The van der Waals surface area contributed by atoms with Crippen LogP contribution in [0, 0.1) is 11.6 Å². The third-order valence-corrected chi connectivity index (χ3v) is 2.22. The Kier molecular flexibility index (Phi) is 3.57. The van der Waals surface area contributed by atoms with Gasteiger partial charge in [-0.2, -0.15) is 0 Å². The van der Waals surface area contributed by atoms with Crippen LogP contribution >= 0.6 is 15.9 Å². The molecule has 0 atom stereocenters. The first kappa shape index (κ1) is 11.1. The van der Waals surface area contributed by atoms with Crippen LogP contribution in [0.2, 0.25) is 0 Å². The number of halogens is 3. The highest BCUT2D eigenvalue weighted by molar-refractivity contribution is 9.10. The molecule has 5 heteroatoms. The van der Waals surface area contributed by atoms with E-state index in [1.165, 1.54) is 6.07 Å².